The third-order valence-electron chi connectivity index (χ3n) is 6.12. The Morgan fingerprint density at radius 3 is 2.50 bits per heavy atom. The molecule has 1 aliphatic heterocycles. The van der Waals surface area contributed by atoms with E-state index in [1.807, 2.05) is 6.07 Å². The Morgan fingerprint density at radius 1 is 1.08 bits per heavy atom. The highest BCUT2D eigenvalue weighted by molar-refractivity contribution is 6.02. The fourth-order valence-corrected chi connectivity index (χ4v) is 4.55. The van der Waals surface area contributed by atoms with Gasteiger partial charge in [0.05, 0.1) is 5.56 Å². The molecule has 2 aromatic heterocycles. The van der Waals surface area contributed by atoms with Crippen molar-refractivity contribution >= 4 is 34.2 Å². The normalized spacial score (nSPS) is 15.2. The first-order valence-electron chi connectivity index (χ1n) is 11.0. The number of halogens is 4. The fourth-order valence-electron chi connectivity index (χ4n) is 4.55. The number of nitrogens with zero attached hydrogens (tertiary/aromatic N) is 3. The number of hydrogen-bond acceptors (Lipinski definition) is 6. The number of carbonyl (C=O) groups is 2. The van der Waals surface area contributed by atoms with E-state index in [1.165, 1.54) is 4.68 Å². The molecule has 2 aromatic carbocycles. The molecule has 1 aliphatic rings. The second-order valence-electron chi connectivity index (χ2n) is 8.50. The molecule has 0 bridgehead atoms. The second-order valence-corrected chi connectivity index (χ2v) is 8.50. The van der Waals surface area contributed by atoms with Crippen LogP contribution in [0.4, 0.5) is 28.2 Å². The summed E-state index contributed by atoms with van der Waals surface area (Å²) in [4.78, 5) is 27.8. The predicted octanol–water partition coefficient (Wildman–Crippen LogP) is 4.59. The maximum Gasteiger partial charge on any atom is 0.419 e. The number of benzene rings is 2. The van der Waals surface area contributed by atoms with Crippen LogP contribution >= 0.6 is 0 Å². The molecular formula is C25H18F4N6O3. The van der Waals surface area contributed by atoms with Gasteiger partial charge in [-0.3, -0.25) is 9.78 Å². The fraction of sp³-hybridized carbons (Fsp3) is 0.120. The second kappa shape index (κ2) is 8.87. The van der Waals surface area contributed by atoms with Crippen LogP contribution in [0.5, 0.6) is 5.88 Å². The van der Waals surface area contributed by atoms with Crippen LogP contribution in [-0.4, -0.2) is 26.8 Å². The lowest BCUT2D eigenvalue weighted by Crippen LogP contribution is -2.25. The SMILES string of the molecule is CC1=C(c2ccc3cnccc3c2)C(c2ccc(C(F)(F)F)c(F)c2)n2nc(OC(N)=O)c(C(N)=O)c2N1. The van der Waals surface area contributed by atoms with Gasteiger partial charge in [0.2, 0.25) is 0 Å². The Labute approximate surface area is 211 Å². The van der Waals surface area contributed by atoms with Crippen molar-refractivity contribution in [2.24, 2.45) is 11.5 Å². The van der Waals surface area contributed by atoms with Crippen molar-refractivity contribution in [2.75, 3.05) is 5.32 Å². The number of nitrogens with two attached hydrogens (primary N) is 2. The number of hydrogen-bond donors (Lipinski definition) is 3. The van der Waals surface area contributed by atoms with Crippen LogP contribution in [0.15, 0.2) is 60.6 Å². The summed E-state index contributed by atoms with van der Waals surface area (Å²) in [6, 6.07) is 8.61. The van der Waals surface area contributed by atoms with E-state index in [-0.39, 0.29) is 16.9 Å². The molecule has 0 fully saturated rings. The minimum absolute atomic E-state index is 0.00899. The van der Waals surface area contributed by atoms with Gasteiger partial charge in [-0.2, -0.15) is 13.2 Å². The zero-order valence-corrected chi connectivity index (χ0v) is 19.5. The molecule has 1 unspecified atom stereocenters. The van der Waals surface area contributed by atoms with Gasteiger partial charge in [-0.05, 0) is 47.7 Å². The number of rotatable bonds is 4. The van der Waals surface area contributed by atoms with Gasteiger partial charge >= 0.3 is 12.3 Å². The third-order valence-corrected chi connectivity index (χ3v) is 6.12. The zero-order chi connectivity index (χ0) is 27.4. The van der Waals surface area contributed by atoms with Gasteiger partial charge in [-0.25, -0.2) is 13.9 Å². The van der Waals surface area contributed by atoms with E-state index in [4.69, 9.17) is 16.2 Å². The number of pyridine rings is 1. The molecule has 0 saturated carbocycles. The van der Waals surface area contributed by atoms with Crippen molar-refractivity contribution in [1.29, 1.82) is 0 Å². The summed E-state index contributed by atoms with van der Waals surface area (Å²) in [5.41, 5.74) is 10.5. The van der Waals surface area contributed by atoms with Crippen LogP contribution in [0, 0.1) is 5.82 Å². The molecular weight excluding hydrogens is 508 g/mol. The maximum absolute atomic E-state index is 14.7. The molecule has 194 valence electrons. The summed E-state index contributed by atoms with van der Waals surface area (Å²) >= 11 is 0. The summed E-state index contributed by atoms with van der Waals surface area (Å²) in [6.07, 6.45) is -2.91. The van der Waals surface area contributed by atoms with Crippen molar-refractivity contribution < 1.29 is 31.9 Å². The molecule has 0 aliphatic carbocycles. The molecule has 4 aromatic rings. The number of alkyl halides is 3. The third kappa shape index (κ3) is 4.17. The predicted molar refractivity (Wildman–Crippen MR) is 128 cm³/mol. The van der Waals surface area contributed by atoms with Crippen LogP contribution in [0.3, 0.4) is 0 Å². The van der Waals surface area contributed by atoms with Crippen LogP contribution in [0.1, 0.15) is 40.0 Å². The first-order valence-corrected chi connectivity index (χ1v) is 11.0. The topological polar surface area (TPSA) is 138 Å². The Kier molecular flexibility index (Phi) is 5.77. The minimum Gasteiger partial charge on any atom is -0.389 e. The Morgan fingerprint density at radius 2 is 1.84 bits per heavy atom. The summed E-state index contributed by atoms with van der Waals surface area (Å²) in [5.74, 6) is -3.02. The largest absolute Gasteiger partial charge is 0.419 e. The maximum atomic E-state index is 14.7. The zero-order valence-electron chi connectivity index (χ0n) is 19.5. The van der Waals surface area contributed by atoms with Gasteiger partial charge in [0.25, 0.3) is 11.8 Å². The highest BCUT2D eigenvalue weighted by atomic mass is 19.4. The number of primary amides is 2. The molecule has 2 amide bonds. The van der Waals surface area contributed by atoms with Gasteiger partial charge in [0.1, 0.15) is 23.2 Å². The van der Waals surface area contributed by atoms with Crippen LogP contribution in [-0.2, 0) is 6.18 Å². The highest BCUT2D eigenvalue weighted by Crippen LogP contribution is 2.45. The molecule has 9 nitrogen and oxygen atoms in total. The van der Waals surface area contributed by atoms with Crippen molar-refractivity contribution in [3.8, 4) is 5.88 Å². The summed E-state index contributed by atoms with van der Waals surface area (Å²) in [7, 11) is 0. The van der Waals surface area contributed by atoms with Gasteiger partial charge in [-0.1, -0.05) is 18.2 Å². The first-order chi connectivity index (χ1) is 18.0. The van der Waals surface area contributed by atoms with Gasteiger partial charge in [0.15, 0.2) is 0 Å². The molecule has 5 rings (SSSR count). The van der Waals surface area contributed by atoms with E-state index in [1.54, 1.807) is 37.5 Å². The van der Waals surface area contributed by atoms with Crippen molar-refractivity contribution in [2.45, 2.75) is 19.1 Å². The minimum atomic E-state index is -4.91. The first kappa shape index (κ1) is 24.7. The van der Waals surface area contributed by atoms with Gasteiger partial charge in [0, 0.05) is 29.1 Å². The number of anilines is 1. The quantitative estimate of drug-likeness (QED) is 0.333. The smallest absolute Gasteiger partial charge is 0.389 e. The Balaban J connectivity index is 1.77. The van der Waals surface area contributed by atoms with Gasteiger partial charge in [-0.15, -0.1) is 5.10 Å². The number of amides is 2. The number of allylic oxidation sites excluding steroid dienone is 2. The summed E-state index contributed by atoms with van der Waals surface area (Å²) in [6.45, 7) is 1.66. The van der Waals surface area contributed by atoms with Crippen molar-refractivity contribution in [1.82, 2.24) is 14.8 Å². The van der Waals surface area contributed by atoms with E-state index in [9.17, 15) is 27.2 Å². The average Bonchev–Trinajstić information content (AvgIpc) is 3.18. The summed E-state index contributed by atoms with van der Waals surface area (Å²) < 4.78 is 60.7. The van der Waals surface area contributed by atoms with E-state index < -0.39 is 41.5 Å². The Bertz CT molecular complexity index is 1660. The van der Waals surface area contributed by atoms with Crippen LogP contribution in [0.25, 0.3) is 16.3 Å². The van der Waals surface area contributed by atoms with E-state index in [2.05, 4.69) is 15.4 Å². The monoisotopic (exact) mass is 526 g/mol. The Hall–Kier alpha value is -4.94. The number of carbonyl (C=O) groups excluding carboxylic acids is 2. The molecule has 1 atom stereocenters. The lowest BCUT2D eigenvalue weighted by Gasteiger charge is -2.31. The molecule has 0 radical (unpaired) electrons. The molecule has 3 heterocycles. The number of aromatic nitrogens is 3. The molecule has 38 heavy (non-hydrogen) atoms. The molecule has 13 heteroatoms. The van der Waals surface area contributed by atoms with Crippen LogP contribution < -0.4 is 21.5 Å². The van der Waals surface area contributed by atoms with E-state index in [0.29, 0.717) is 22.9 Å². The molecule has 0 saturated heterocycles. The van der Waals surface area contributed by atoms with Crippen LogP contribution in [0.2, 0.25) is 0 Å². The van der Waals surface area contributed by atoms with E-state index >= 15 is 0 Å². The van der Waals surface area contributed by atoms with Gasteiger partial charge < -0.3 is 21.5 Å². The van der Waals surface area contributed by atoms with E-state index in [0.717, 1.165) is 22.9 Å². The molecule has 0 spiro atoms. The standard InChI is InChI=1S/C25H18F4N6O3/c1-11-18(13-2-3-15-10-32-7-6-12(15)8-13)20(14-4-5-16(17(26)9-14)25(27,28)29)35-22(33-11)19(21(30)36)23(34-35)38-24(31)37/h2-10,20,33H,1H3,(H2,30,36)(H2,31,37). The van der Waals surface area contributed by atoms with Crippen molar-refractivity contribution in [3.63, 3.8) is 0 Å². The number of ether oxygens (including phenoxy) is 1. The lowest BCUT2D eigenvalue weighted by molar-refractivity contribution is -0.140. The number of fused-ring (bicyclic) bond motifs is 2. The van der Waals surface area contributed by atoms with Crippen molar-refractivity contribution in [3.05, 3.63) is 88.6 Å². The summed E-state index contributed by atoms with van der Waals surface area (Å²) in [5, 5.41) is 8.85. The lowest BCUT2D eigenvalue weighted by atomic mass is 9.88. The highest BCUT2D eigenvalue weighted by Gasteiger charge is 2.38. The molecule has 5 N–H and O–H groups in total. The average molecular weight is 526 g/mol. The number of nitrogens with one attached hydrogen (secondary N) is 1.